The van der Waals surface area contributed by atoms with Crippen LogP contribution < -0.4 is 9.46 Å². The number of ether oxygens (including phenoxy) is 2. The van der Waals surface area contributed by atoms with Crippen molar-refractivity contribution >= 4 is 16.0 Å². The molecule has 2 aromatic carbocycles. The molecule has 0 spiro atoms. The van der Waals surface area contributed by atoms with Gasteiger partial charge in [-0.1, -0.05) is 18.2 Å². The van der Waals surface area contributed by atoms with Crippen LogP contribution in [-0.2, 0) is 21.3 Å². The number of para-hydroxylation sites is 1. The fraction of sp³-hybridized carbons (Fsp3) is 0.188. The van der Waals surface area contributed by atoms with Crippen LogP contribution in [-0.4, -0.2) is 28.1 Å². The second-order valence-corrected chi connectivity index (χ2v) is 6.59. The van der Waals surface area contributed by atoms with Crippen molar-refractivity contribution in [3.05, 3.63) is 59.7 Å². The molecule has 1 N–H and O–H groups in total. The van der Waals surface area contributed by atoms with Gasteiger partial charge in [0.05, 0.1) is 17.6 Å². The Kier molecular flexibility index (Phi) is 6.05. The summed E-state index contributed by atoms with van der Waals surface area (Å²) in [6.45, 7) is -3.24. The maximum atomic E-state index is 12.4. The highest BCUT2D eigenvalue weighted by Crippen LogP contribution is 2.21. The lowest BCUT2D eigenvalue weighted by Gasteiger charge is -2.12. The van der Waals surface area contributed by atoms with Gasteiger partial charge in [-0.05, 0) is 30.3 Å². The first-order valence-electron chi connectivity index (χ1n) is 7.04. The van der Waals surface area contributed by atoms with Crippen molar-refractivity contribution in [2.75, 3.05) is 7.11 Å². The van der Waals surface area contributed by atoms with E-state index in [1.54, 1.807) is 6.07 Å². The molecule has 0 aliphatic rings. The van der Waals surface area contributed by atoms with E-state index in [4.69, 9.17) is 0 Å². The Morgan fingerprint density at radius 3 is 2.36 bits per heavy atom. The monoisotopic (exact) mass is 371 g/mol. The van der Waals surface area contributed by atoms with Gasteiger partial charge < -0.3 is 9.47 Å². The molecule has 2 aromatic rings. The minimum Gasteiger partial charge on any atom is -0.465 e. The summed E-state index contributed by atoms with van der Waals surface area (Å²) in [5, 5.41) is 0. The summed E-state index contributed by atoms with van der Waals surface area (Å²) < 4.78 is 60.5. The Bertz CT molecular complexity index is 838. The highest BCUT2D eigenvalue weighted by atomic mass is 32.2. The fourth-order valence-electron chi connectivity index (χ4n) is 2.00. The van der Waals surface area contributed by atoms with E-state index in [1.165, 1.54) is 49.6 Å². The number of hydrogen-bond acceptors (Lipinski definition) is 5. The summed E-state index contributed by atoms with van der Waals surface area (Å²) >= 11 is 0. The highest BCUT2D eigenvalue weighted by Gasteiger charge is 2.17. The molecule has 0 unspecified atom stereocenters. The van der Waals surface area contributed by atoms with E-state index in [2.05, 4.69) is 14.2 Å². The van der Waals surface area contributed by atoms with Crippen LogP contribution in [0.4, 0.5) is 8.78 Å². The predicted octanol–water partition coefficient (Wildman–Crippen LogP) is 2.55. The molecule has 0 aliphatic carbocycles. The standard InChI is InChI=1S/C16H15F2NO5S/c1-23-15(20)11-6-8-13(9-7-11)25(21,22)19-10-12-4-2-3-5-14(12)24-16(17)18/h2-9,16,19H,10H2,1H3. The molecule has 0 bridgehead atoms. The van der Waals surface area contributed by atoms with E-state index in [-0.39, 0.29) is 28.3 Å². The maximum Gasteiger partial charge on any atom is 0.387 e. The number of alkyl halides is 2. The lowest BCUT2D eigenvalue weighted by molar-refractivity contribution is -0.0504. The first-order chi connectivity index (χ1) is 11.8. The number of carbonyl (C=O) groups is 1. The van der Waals surface area contributed by atoms with E-state index in [9.17, 15) is 22.0 Å². The molecule has 0 saturated carbocycles. The third kappa shape index (κ3) is 4.97. The number of methoxy groups -OCH3 is 1. The van der Waals surface area contributed by atoms with Crippen LogP contribution in [0, 0.1) is 0 Å². The van der Waals surface area contributed by atoms with Gasteiger partial charge in [-0.3, -0.25) is 0 Å². The molecule has 9 heteroatoms. The fourth-order valence-corrected chi connectivity index (χ4v) is 3.01. The summed E-state index contributed by atoms with van der Waals surface area (Å²) in [7, 11) is -2.68. The molecule has 0 amide bonds. The normalized spacial score (nSPS) is 11.4. The van der Waals surface area contributed by atoms with Crippen LogP contribution in [0.3, 0.4) is 0 Å². The Hall–Kier alpha value is -2.52. The van der Waals surface area contributed by atoms with Gasteiger partial charge in [0.25, 0.3) is 0 Å². The molecule has 6 nitrogen and oxygen atoms in total. The second kappa shape index (κ2) is 8.04. The van der Waals surface area contributed by atoms with Crippen LogP contribution >= 0.6 is 0 Å². The third-order valence-electron chi connectivity index (χ3n) is 3.23. The van der Waals surface area contributed by atoms with Crippen LogP contribution in [0.15, 0.2) is 53.4 Å². The molecule has 25 heavy (non-hydrogen) atoms. The SMILES string of the molecule is COC(=O)c1ccc(S(=O)(=O)NCc2ccccc2OC(F)F)cc1. The van der Waals surface area contributed by atoms with Crippen molar-refractivity contribution in [2.45, 2.75) is 18.1 Å². The van der Waals surface area contributed by atoms with Gasteiger partial charge in [0.1, 0.15) is 5.75 Å². The van der Waals surface area contributed by atoms with Crippen LogP contribution in [0.1, 0.15) is 15.9 Å². The largest absolute Gasteiger partial charge is 0.465 e. The van der Waals surface area contributed by atoms with Crippen molar-refractivity contribution in [3.8, 4) is 5.75 Å². The molecule has 0 saturated heterocycles. The van der Waals surface area contributed by atoms with Crippen molar-refractivity contribution in [2.24, 2.45) is 0 Å². The van der Waals surface area contributed by atoms with Gasteiger partial charge >= 0.3 is 12.6 Å². The summed E-state index contributed by atoms with van der Waals surface area (Å²) in [6, 6.07) is 11.0. The van der Waals surface area contributed by atoms with Gasteiger partial charge in [0.15, 0.2) is 0 Å². The quantitative estimate of drug-likeness (QED) is 0.757. The summed E-state index contributed by atoms with van der Waals surface area (Å²) in [5.41, 5.74) is 0.467. The number of carbonyl (C=O) groups excluding carboxylic acids is 1. The molecular formula is C16H15F2NO5S. The van der Waals surface area contributed by atoms with Crippen molar-refractivity contribution in [1.29, 1.82) is 0 Å². The van der Waals surface area contributed by atoms with Crippen molar-refractivity contribution in [1.82, 2.24) is 4.72 Å². The van der Waals surface area contributed by atoms with Gasteiger partial charge in [0.2, 0.25) is 10.0 Å². The average Bonchev–Trinajstić information content (AvgIpc) is 2.60. The Morgan fingerprint density at radius 2 is 1.76 bits per heavy atom. The Labute approximate surface area is 143 Å². The number of esters is 1. The minimum atomic E-state index is -3.90. The summed E-state index contributed by atoms with van der Waals surface area (Å²) in [6.07, 6.45) is 0. The van der Waals surface area contributed by atoms with Crippen LogP contribution in [0.5, 0.6) is 5.75 Å². The number of nitrogens with one attached hydrogen (secondary N) is 1. The van der Waals surface area contributed by atoms with Crippen LogP contribution in [0.2, 0.25) is 0 Å². The van der Waals surface area contributed by atoms with E-state index in [0.717, 1.165) is 0 Å². The van der Waals surface area contributed by atoms with E-state index < -0.39 is 22.6 Å². The minimum absolute atomic E-state index is 0.0765. The lowest BCUT2D eigenvalue weighted by Crippen LogP contribution is -2.23. The molecular weight excluding hydrogens is 356 g/mol. The molecule has 0 aliphatic heterocycles. The zero-order valence-corrected chi connectivity index (χ0v) is 13.9. The van der Waals surface area contributed by atoms with E-state index in [0.29, 0.717) is 0 Å². The third-order valence-corrected chi connectivity index (χ3v) is 4.64. The molecule has 0 radical (unpaired) electrons. The van der Waals surface area contributed by atoms with E-state index in [1.807, 2.05) is 0 Å². The van der Waals surface area contributed by atoms with Gasteiger partial charge in [-0.15, -0.1) is 0 Å². The predicted molar refractivity (Wildman–Crippen MR) is 84.9 cm³/mol. The average molecular weight is 371 g/mol. The Balaban J connectivity index is 2.13. The van der Waals surface area contributed by atoms with Gasteiger partial charge in [-0.25, -0.2) is 17.9 Å². The maximum absolute atomic E-state index is 12.4. The first kappa shape index (κ1) is 18.8. The number of sulfonamides is 1. The molecule has 0 fully saturated rings. The number of hydrogen-bond donors (Lipinski definition) is 1. The molecule has 0 atom stereocenters. The van der Waals surface area contributed by atoms with Gasteiger partial charge in [-0.2, -0.15) is 8.78 Å². The molecule has 0 heterocycles. The number of benzene rings is 2. The van der Waals surface area contributed by atoms with Crippen molar-refractivity contribution < 1.29 is 31.5 Å². The van der Waals surface area contributed by atoms with Crippen molar-refractivity contribution in [3.63, 3.8) is 0 Å². The highest BCUT2D eigenvalue weighted by molar-refractivity contribution is 7.89. The lowest BCUT2D eigenvalue weighted by atomic mass is 10.2. The second-order valence-electron chi connectivity index (χ2n) is 4.83. The molecule has 2 rings (SSSR count). The summed E-state index contributed by atoms with van der Waals surface area (Å²) in [5.74, 6) is -0.698. The molecule has 0 aromatic heterocycles. The Morgan fingerprint density at radius 1 is 1.12 bits per heavy atom. The first-order valence-corrected chi connectivity index (χ1v) is 8.52. The zero-order chi connectivity index (χ0) is 18.4. The topological polar surface area (TPSA) is 81.7 Å². The summed E-state index contributed by atoms with van der Waals surface area (Å²) in [4.78, 5) is 11.3. The number of halogens is 2. The van der Waals surface area contributed by atoms with Crippen LogP contribution in [0.25, 0.3) is 0 Å². The molecule has 134 valence electrons. The van der Waals surface area contributed by atoms with E-state index >= 15 is 0 Å². The van der Waals surface area contributed by atoms with Gasteiger partial charge in [0, 0.05) is 12.1 Å². The zero-order valence-electron chi connectivity index (χ0n) is 13.1. The number of rotatable bonds is 7. The smallest absolute Gasteiger partial charge is 0.387 e.